The molecule has 0 aliphatic heterocycles. The summed E-state index contributed by atoms with van der Waals surface area (Å²) >= 11 is 0. The summed E-state index contributed by atoms with van der Waals surface area (Å²) in [6.07, 6.45) is 3.54. The highest BCUT2D eigenvalue weighted by Crippen LogP contribution is 2.39. The molecular weight excluding hydrogens is 187 g/mol. The second kappa shape index (κ2) is 2.94. The molecule has 1 aliphatic carbocycles. The third kappa shape index (κ3) is 1.41. The van der Waals surface area contributed by atoms with Crippen LogP contribution in [-0.4, -0.2) is 21.6 Å². The standard InChI is InChI=1S/C9H9FN2O2/c10-6-5-11-4-1-7(6)12-9(2-3-9)8(13)14/h1,4-5H,2-3H2,(H,11,12)(H,13,14). The molecule has 0 spiro atoms. The van der Waals surface area contributed by atoms with Gasteiger partial charge < -0.3 is 10.4 Å². The second-order valence-electron chi connectivity index (χ2n) is 3.37. The Balaban J connectivity index is 2.19. The van der Waals surface area contributed by atoms with Gasteiger partial charge in [0.25, 0.3) is 0 Å². The molecule has 1 aromatic heterocycles. The van der Waals surface area contributed by atoms with Crippen LogP contribution in [0.2, 0.25) is 0 Å². The summed E-state index contributed by atoms with van der Waals surface area (Å²) in [5, 5.41) is 11.5. The zero-order valence-corrected chi connectivity index (χ0v) is 7.33. The van der Waals surface area contributed by atoms with E-state index in [9.17, 15) is 9.18 Å². The van der Waals surface area contributed by atoms with E-state index in [0.717, 1.165) is 6.20 Å². The first kappa shape index (κ1) is 8.93. The molecule has 2 rings (SSSR count). The predicted octanol–water partition coefficient (Wildman–Crippen LogP) is 1.25. The van der Waals surface area contributed by atoms with Crippen LogP contribution in [0.5, 0.6) is 0 Å². The predicted molar refractivity (Wildman–Crippen MR) is 47.4 cm³/mol. The number of nitrogens with zero attached hydrogens (tertiary/aromatic N) is 1. The van der Waals surface area contributed by atoms with E-state index in [2.05, 4.69) is 10.3 Å². The number of carboxylic acids is 1. The van der Waals surface area contributed by atoms with Crippen LogP contribution in [0.15, 0.2) is 18.5 Å². The summed E-state index contributed by atoms with van der Waals surface area (Å²) in [7, 11) is 0. The fourth-order valence-electron chi connectivity index (χ4n) is 1.25. The van der Waals surface area contributed by atoms with E-state index >= 15 is 0 Å². The fourth-order valence-corrected chi connectivity index (χ4v) is 1.25. The number of carbonyl (C=O) groups is 1. The molecule has 2 N–H and O–H groups in total. The molecule has 1 fully saturated rings. The molecule has 74 valence electrons. The molecule has 0 radical (unpaired) electrons. The van der Waals surface area contributed by atoms with Crippen molar-refractivity contribution in [2.45, 2.75) is 18.4 Å². The Hall–Kier alpha value is -1.65. The van der Waals surface area contributed by atoms with Gasteiger partial charge in [0.1, 0.15) is 5.54 Å². The lowest BCUT2D eigenvalue weighted by atomic mass is 10.2. The van der Waals surface area contributed by atoms with E-state index in [4.69, 9.17) is 5.11 Å². The Morgan fingerprint density at radius 3 is 2.86 bits per heavy atom. The topological polar surface area (TPSA) is 62.2 Å². The number of nitrogens with one attached hydrogen (secondary N) is 1. The highest BCUT2D eigenvalue weighted by atomic mass is 19.1. The normalized spacial score (nSPS) is 17.5. The maximum absolute atomic E-state index is 13.1. The number of pyridine rings is 1. The van der Waals surface area contributed by atoms with E-state index in [1.54, 1.807) is 0 Å². The van der Waals surface area contributed by atoms with Gasteiger partial charge in [-0.2, -0.15) is 0 Å². The number of hydrogen-bond donors (Lipinski definition) is 2. The van der Waals surface area contributed by atoms with Gasteiger partial charge in [0.05, 0.1) is 11.9 Å². The minimum absolute atomic E-state index is 0.194. The first-order valence-corrected chi connectivity index (χ1v) is 4.25. The summed E-state index contributed by atoms with van der Waals surface area (Å²) in [6, 6.07) is 1.43. The van der Waals surface area contributed by atoms with Gasteiger partial charge in [-0.15, -0.1) is 0 Å². The lowest BCUT2D eigenvalue weighted by Crippen LogP contribution is -2.31. The number of halogens is 1. The lowest BCUT2D eigenvalue weighted by Gasteiger charge is -2.13. The maximum atomic E-state index is 13.1. The van der Waals surface area contributed by atoms with E-state index in [1.807, 2.05) is 0 Å². The van der Waals surface area contributed by atoms with Crippen molar-refractivity contribution in [3.63, 3.8) is 0 Å². The van der Waals surface area contributed by atoms with Crippen molar-refractivity contribution in [1.82, 2.24) is 4.98 Å². The molecule has 0 atom stereocenters. The average Bonchev–Trinajstić information content (AvgIpc) is 2.90. The van der Waals surface area contributed by atoms with Gasteiger partial charge in [0, 0.05) is 6.20 Å². The minimum Gasteiger partial charge on any atom is -0.480 e. The van der Waals surface area contributed by atoms with Crippen LogP contribution in [0.25, 0.3) is 0 Å². The van der Waals surface area contributed by atoms with Gasteiger partial charge >= 0.3 is 5.97 Å². The Morgan fingerprint density at radius 2 is 2.36 bits per heavy atom. The summed E-state index contributed by atoms with van der Waals surface area (Å²) in [4.78, 5) is 14.4. The SMILES string of the molecule is O=C(O)C1(Nc2ccncc2F)CC1. The molecule has 0 bridgehead atoms. The van der Waals surface area contributed by atoms with Gasteiger partial charge in [-0.25, -0.2) is 9.18 Å². The number of anilines is 1. The fraction of sp³-hybridized carbons (Fsp3) is 0.333. The van der Waals surface area contributed by atoms with E-state index in [1.165, 1.54) is 12.3 Å². The van der Waals surface area contributed by atoms with Crippen molar-refractivity contribution < 1.29 is 14.3 Å². The maximum Gasteiger partial charge on any atom is 0.329 e. The van der Waals surface area contributed by atoms with Crippen molar-refractivity contribution in [1.29, 1.82) is 0 Å². The monoisotopic (exact) mass is 196 g/mol. The smallest absolute Gasteiger partial charge is 0.329 e. The average molecular weight is 196 g/mol. The molecule has 1 aromatic rings. The van der Waals surface area contributed by atoms with Crippen molar-refractivity contribution in [3.8, 4) is 0 Å². The highest BCUT2D eigenvalue weighted by Gasteiger charge is 2.50. The summed E-state index contributed by atoms with van der Waals surface area (Å²) in [6.45, 7) is 0. The van der Waals surface area contributed by atoms with Gasteiger partial charge in [-0.3, -0.25) is 4.98 Å². The third-order valence-corrected chi connectivity index (χ3v) is 2.31. The Morgan fingerprint density at radius 1 is 1.64 bits per heavy atom. The molecule has 0 amide bonds. The molecule has 5 heteroatoms. The minimum atomic E-state index is -0.956. The van der Waals surface area contributed by atoms with Gasteiger partial charge in [0.15, 0.2) is 5.82 Å². The van der Waals surface area contributed by atoms with E-state index < -0.39 is 17.3 Å². The summed E-state index contributed by atoms with van der Waals surface area (Å²) in [5.41, 5.74) is -0.762. The quantitative estimate of drug-likeness (QED) is 0.763. The highest BCUT2D eigenvalue weighted by molar-refractivity contribution is 5.86. The zero-order valence-electron chi connectivity index (χ0n) is 7.33. The summed E-state index contributed by atoms with van der Waals surface area (Å²) in [5.74, 6) is -1.46. The largest absolute Gasteiger partial charge is 0.480 e. The van der Waals surface area contributed by atoms with Crippen LogP contribution in [0.1, 0.15) is 12.8 Å². The molecule has 1 heterocycles. The van der Waals surface area contributed by atoms with Crippen LogP contribution in [-0.2, 0) is 4.79 Å². The Kier molecular flexibility index (Phi) is 1.87. The number of aliphatic carboxylic acids is 1. The van der Waals surface area contributed by atoms with E-state index in [0.29, 0.717) is 12.8 Å². The van der Waals surface area contributed by atoms with Crippen molar-refractivity contribution >= 4 is 11.7 Å². The number of aromatic nitrogens is 1. The third-order valence-electron chi connectivity index (χ3n) is 2.31. The number of hydrogen-bond acceptors (Lipinski definition) is 3. The molecule has 4 nitrogen and oxygen atoms in total. The van der Waals surface area contributed by atoms with Gasteiger partial charge in [0.2, 0.25) is 0 Å². The first-order chi connectivity index (χ1) is 6.64. The van der Waals surface area contributed by atoms with Crippen LogP contribution < -0.4 is 5.32 Å². The molecule has 1 saturated carbocycles. The molecule has 1 aliphatic rings. The second-order valence-corrected chi connectivity index (χ2v) is 3.37. The van der Waals surface area contributed by atoms with Crippen molar-refractivity contribution in [3.05, 3.63) is 24.3 Å². The first-order valence-electron chi connectivity index (χ1n) is 4.25. The van der Waals surface area contributed by atoms with Crippen LogP contribution >= 0.6 is 0 Å². The van der Waals surface area contributed by atoms with Crippen LogP contribution in [0.3, 0.4) is 0 Å². The summed E-state index contributed by atoms with van der Waals surface area (Å²) < 4.78 is 13.1. The molecule has 0 aromatic carbocycles. The van der Waals surface area contributed by atoms with E-state index in [-0.39, 0.29) is 5.69 Å². The molecule has 0 saturated heterocycles. The van der Waals surface area contributed by atoms with Crippen molar-refractivity contribution in [2.24, 2.45) is 0 Å². The number of rotatable bonds is 3. The number of carboxylic acid groups (broad SMARTS) is 1. The van der Waals surface area contributed by atoms with Crippen LogP contribution in [0, 0.1) is 5.82 Å². The van der Waals surface area contributed by atoms with Crippen LogP contribution in [0.4, 0.5) is 10.1 Å². The zero-order chi connectivity index (χ0) is 10.2. The Labute approximate surface area is 79.8 Å². The van der Waals surface area contributed by atoms with Gasteiger partial charge in [-0.1, -0.05) is 0 Å². The molecule has 0 unspecified atom stereocenters. The lowest BCUT2D eigenvalue weighted by molar-refractivity contribution is -0.138. The van der Waals surface area contributed by atoms with Gasteiger partial charge in [-0.05, 0) is 18.9 Å². The molecular formula is C9H9FN2O2. The molecule has 14 heavy (non-hydrogen) atoms. The Bertz CT molecular complexity index is 377. The van der Waals surface area contributed by atoms with Crippen molar-refractivity contribution in [2.75, 3.05) is 5.32 Å².